The molecule has 150 valence electrons. The lowest BCUT2D eigenvalue weighted by atomic mass is 9.92. The number of aryl methyl sites for hydroxylation is 1. The van der Waals surface area contributed by atoms with E-state index in [1.807, 2.05) is 6.20 Å². The van der Waals surface area contributed by atoms with Crippen molar-refractivity contribution in [2.75, 3.05) is 18.0 Å². The highest BCUT2D eigenvalue weighted by atomic mass is 79.9. The molecular formula is C22H29BrN4O. The van der Waals surface area contributed by atoms with E-state index in [2.05, 4.69) is 74.9 Å². The molecule has 0 saturated heterocycles. The number of aromatic nitrogens is 2. The number of fused-ring (bicyclic) bond motifs is 2. The SMILES string of the molecule is CC(C)(C)n1ncc2c1CCC[C@H]2NC(=O)CN1CCCc2cc(Br)ccc21. The first kappa shape index (κ1) is 19.5. The van der Waals surface area contributed by atoms with E-state index in [1.54, 1.807) is 0 Å². The largest absolute Gasteiger partial charge is 0.362 e. The summed E-state index contributed by atoms with van der Waals surface area (Å²) >= 11 is 3.55. The molecule has 1 aromatic heterocycles. The van der Waals surface area contributed by atoms with Crippen LogP contribution in [0.25, 0.3) is 0 Å². The molecule has 1 atom stereocenters. The van der Waals surface area contributed by atoms with Gasteiger partial charge in [0.25, 0.3) is 0 Å². The highest BCUT2D eigenvalue weighted by Crippen LogP contribution is 2.33. The highest BCUT2D eigenvalue weighted by molar-refractivity contribution is 9.10. The number of nitrogens with one attached hydrogen (secondary N) is 1. The normalized spacial score (nSPS) is 19.1. The molecule has 2 aromatic rings. The molecule has 2 heterocycles. The number of anilines is 1. The van der Waals surface area contributed by atoms with Crippen LogP contribution in [0, 0.1) is 0 Å². The molecule has 1 aromatic carbocycles. The smallest absolute Gasteiger partial charge is 0.240 e. The number of benzene rings is 1. The lowest BCUT2D eigenvalue weighted by Crippen LogP contribution is -2.41. The van der Waals surface area contributed by atoms with Crippen molar-refractivity contribution in [2.24, 2.45) is 0 Å². The molecule has 0 fully saturated rings. The predicted octanol–water partition coefficient (Wildman–Crippen LogP) is 4.35. The maximum Gasteiger partial charge on any atom is 0.240 e. The molecule has 1 N–H and O–H groups in total. The van der Waals surface area contributed by atoms with Gasteiger partial charge in [-0.2, -0.15) is 5.10 Å². The van der Waals surface area contributed by atoms with Crippen LogP contribution in [0.3, 0.4) is 0 Å². The van der Waals surface area contributed by atoms with Gasteiger partial charge < -0.3 is 10.2 Å². The monoisotopic (exact) mass is 444 g/mol. The zero-order valence-corrected chi connectivity index (χ0v) is 18.6. The number of rotatable bonds is 3. The summed E-state index contributed by atoms with van der Waals surface area (Å²) in [5.74, 6) is 0.0946. The number of hydrogen-bond donors (Lipinski definition) is 1. The topological polar surface area (TPSA) is 50.2 Å². The summed E-state index contributed by atoms with van der Waals surface area (Å²) in [6.45, 7) is 7.87. The van der Waals surface area contributed by atoms with Crippen LogP contribution in [0.4, 0.5) is 5.69 Å². The van der Waals surface area contributed by atoms with Crippen molar-refractivity contribution in [3.8, 4) is 0 Å². The van der Waals surface area contributed by atoms with Gasteiger partial charge in [0, 0.05) is 28.0 Å². The van der Waals surface area contributed by atoms with Crippen LogP contribution < -0.4 is 10.2 Å². The molecule has 1 aliphatic carbocycles. The Hall–Kier alpha value is -1.82. The Morgan fingerprint density at radius 1 is 1.29 bits per heavy atom. The van der Waals surface area contributed by atoms with E-state index in [0.717, 1.165) is 43.1 Å². The molecule has 4 rings (SSSR count). The van der Waals surface area contributed by atoms with Crippen molar-refractivity contribution in [1.82, 2.24) is 15.1 Å². The van der Waals surface area contributed by atoms with Gasteiger partial charge in [-0.15, -0.1) is 0 Å². The van der Waals surface area contributed by atoms with Gasteiger partial charge in [-0.3, -0.25) is 9.48 Å². The van der Waals surface area contributed by atoms with E-state index in [1.165, 1.54) is 22.5 Å². The highest BCUT2D eigenvalue weighted by Gasteiger charge is 2.29. The summed E-state index contributed by atoms with van der Waals surface area (Å²) in [5.41, 5.74) is 4.94. The number of hydrogen-bond acceptors (Lipinski definition) is 3. The van der Waals surface area contributed by atoms with Gasteiger partial charge in [-0.25, -0.2) is 0 Å². The van der Waals surface area contributed by atoms with Crippen LogP contribution in [-0.2, 0) is 23.2 Å². The van der Waals surface area contributed by atoms with Gasteiger partial charge in [-0.1, -0.05) is 15.9 Å². The Bertz CT molecular complexity index is 883. The van der Waals surface area contributed by atoms with Gasteiger partial charge >= 0.3 is 0 Å². The number of nitrogens with zero attached hydrogens (tertiary/aromatic N) is 3. The molecule has 2 aliphatic rings. The summed E-state index contributed by atoms with van der Waals surface area (Å²) in [4.78, 5) is 15.1. The van der Waals surface area contributed by atoms with Crippen molar-refractivity contribution in [3.63, 3.8) is 0 Å². The number of carbonyl (C=O) groups excluding carboxylic acids is 1. The second-order valence-corrected chi connectivity index (χ2v) is 9.86. The van der Waals surface area contributed by atoms with E-state index in [4.69, 9.17) is 0 Å². The lowest BCUT2D eigenvalue weighted by molar-refractivity contribution is -0.120. The molecule has 0 bridgehead atoms. The Morgan fingerprint density at radius 3 is 2.89 bits per heavy atom. The summed E-state index contributed by atoms with van der Waals surface area (Å²) in [6.07, 6.45) is 7.22. The Labute approximate surface area is 175 Å². The van der Waals surface area contributed by atoms with Crippen molar-refractivity contribution < 1.29 is 4.79 Å². The Kier molecular flexibility index (Phi) is 5.25. The van der Waals surface area contributed by atoms with Crippen LogP contribution in [0.15, 0.2) is 28.9 Å². The maximum absolute atomic E-state index is 12.9. The first-order chi connectivity index (χ1) is 13.3. The quantitative estimate of drug-likeness (QED) is 0.765. The lowest BCUT2D eigenvalue weighted by Gasteiger charge is -2.32. The number of amides is 1. The molecular weight excluding hydrogens is 416 g/mol. The van der Waals surface area contributed by atoms with Crippen molar-refractivity contribution >= 4 is 27.5 Å². The van der Waals surface area contributed by atoms with Gasteiger partial charge in [0.15, 0.2) is 0 Å². The summed E-state index contributed by atoms with van der Waals surface area (Å²) < 4.78 is 3.22. The van der Waals surface area contributed by atoms with Crippen LogP contribution >= 0.6 is 15.9 Å². The van der Waals surface area contributed by atoms with Crippen LogP contribution in [0.5, 0.6) is 0 Å². The fraction of sp³-hybridized carbons (Fsp3) is 0.545. The van der Waals surface area contributed by atoms with Crippen molar-refractivity contribution in [2.45, 2.75) is 64.5 Å². The zero-order valence-electron chi connectivity index (χ0n) is 17.0. The van der Waals surface area contributed by atoms with Crippen LogP contribution in [0.1, 0.15) is 62.9 Å². The third-order valence-electron chi connectivity index (χ3n) is 5.74. The fourth-order valence-corrected chi connectivity index (χ4v) is 4.91. The first-order valence-corrected chi connectivity index (χ1v) is 11.0. The third kappa shape index (κ3) is 3.84. The number of halogens is 1. The van der Waals surface area contributed by atoms with E-state index in [0.29, 0.717) is 6.54 Å². The minimum Gasteiger partial charge on any atom is -0.362 e. The summed E-state index contributed by atoms with van der Waals surface area (Å²) in [7, 11) is 0. The number of carbonyl (C=O) groups is 1. The molecule has 1 aliphatic heterocycles. The van der Waals surface area contributed by atoms with E-state index in [-0.39, 0.29) is 17.5 Å². The zero-order chi connectivity index (χ0) is 19.9. The minimum absolute atomic E-state index is 0.0364. The predicted molar refractivity (Wildman–Crippen MR) is 116 cm³/mol. The van der Waals surface area contributed by atoms with E-state index < -0.39 is 0 Å². The maximum atomic E-state index is 12.9. The van der Waals surface area contributed by atoms with Gasteiger partial charge in [0.1, 0.15) is 0 Å². The van der Waals surface area contributed by atoms with Gasteiger partial charge in [0.05, 0.1) is 24.3 Å². The Balaban J connectivity index is 1.47. The molecule has 5 nitrogen and oxygen atoms in total. The van der Waals surface area contributed by atoms with Crippen LogP contribution in [-0.4, -0.2) is 28.8 Å². The summed E-state index contributed by atoms with van der Waals surface area (Å²) in [6, 6.07) is 6.43. The molecule has 0 unspecified atom stereocenters. The third-order valence-corrected chi connectivity index (χ3v) is 6.24. The van der Waals surface area contributed by atoms with Crippen LogP contribution in [0.2, 0.25) is 0 Å². The van der Waals surface area contributed by atoms with Gasteiger partial charge in [-0.05, 0) is 76.6 Å². The van der Waals surface area contributed by atoms with Crippen molar-refractivity contribution in [1.29, 1.82) is 0 Å². The molecule has 0 saturated carbocycles. The molecule has 6 heteroatoms. The first-order valence-electron chi connectivity index (χ1n) is 10.2. The fourth-order valence-electron chi connectivity index (χ4n) is 4.51. The Morgan fingerprint density at radius 2 is 2.11 bits per heavy atom. The minimum atomic E-state index is -0.0364. The molecule has 0 spiro atoms. The molecule has 28 heavy (non-hydrogen) atoms. The molecule has 1 amide bonds. The van der Waals surface area contributed by atoms with Gasteiger partial charge in [0.2, 0.25) is 5.91 Å². The average Bonchev–Trinajstić information content (AvgIpc) is 3.07. The standard InChI is InChI=1S/C22H29BrN4O/c1-22(2,3)27-20-8-4-7-18(17(20)13-24-27)25-21(28)14-26-11-5-6-15-12-16(23)9-10-19(15)26/h9-10,12-13,18H,4-8,11,14H2,1-3H3,(H,25,28)/t18-/m1/s1. The summed E-state index contributed by atoms with van der Waals surface area (Å²) in [5, 5.41) is 7.92. The molecule has 0 radical (unpaired) electrons. The second kappa shape index (κ2) is 7.54. The average molecular weight is 445 g/mol. The van der Waals surface area contributed by atoms with E-state index in [9.17, 15) is 4.79 Å². The van der Waals surface area contributed by atoms with E-state index >= 15 is 0 Å². The van der Waals surface area contributed by atoms with Crippen molar-refractivity contribution in [3.05, 3.63) is 45.7 Å². The second-order valence-electron chi connectivity index (χ2n) is 8.94.